The van der Waals surface area contributed by atoms with Gasteiger partial charge in [0.1, 0.15) is 24.4 Å². The van der Waals surface area contributed by atoms with Crippen LogP contribution >= 0.6 is 0 Å². The first kappa shape index (κ1) is 23.6. The molecule has 0 amide bonds. The monoisotopic (exact) mass is 462 g/mol. The van der Waals surface area contributed by atoms with Gasteiger partial charge >= 0.3 is 0 Å². The van der Waals surface area contributed by atoms with Crippen LogP contribution in [0.3, 0.4) is 0 Å². The predicted molar refractivity (Wildman–Crippen MR) is 120 cm³/mol. The van der Waals surface area contributed by atoms with Crippen LogP contribution in [0.25, 0.3) is 0 Å². The number of rotatable bonds is 3. The summed E-state index contributed by atoms with van der Waals surface area (Å²) in [5.41, 5.74) is 0.526. The van der Waals surface area contributed by atoms with Crippen LogP contribution in [-0.2, 0) is 14.3 Å². The Balaban J connectivity index is 1.38. The average Bonchev–Trinajstić information content (AvgIpc) is 3.05. The van der Waals surface area contributed by atoms with Crippen LogP contribution in [0, 0.1) is 28.6 Å². The molecule has 1 heterocycles. The smallest absolute Gasteiger partial charge is 0.187 e. The van der Waals surface area contributed by atoms with E-state index in [4.69, 9.17) is 9.47 Å². The van der Waals surface area contributed by atoms with E-state index in [0.29, 0.717) is 17.8 Å². The topological polar surface area (TPSA) is 116 Å². The molecule has 5 rings (SSSR count). The fraction of sp³-hybridized carbons (Fsp3) is 0.808. The molecule has 1 aliphatic heterocycles. The lowest BCUT2D eigenvalue weighted by atomic mass is 9.47. The van der Waals surface area contributed by atoms with E-state index < -0.39 is 42.9 Å². The van der Waals surface area contributed by atoms with Gasteiger partial charge in [-0.2, -0.15) is 0 Å². The van der Waals surface area contributed by atoms with Gasteiger partial charge in [0.2, 0.25) is 0 Å². The van der Waals surface area contributed by atoms with Crippen molar-refractivity contribution in [2.75, 3.05) is 6.61 Å². The second-order valence-corrected chi connectivity index (χ2v) is 11.6. The molecule has 7 nitrogen and oxygen atoms in total. The molecule has 0 spiro atoms. The maximum atomic E-state index is 12.0. The zero-order valence-electron chi connectivity index (χ0n) is 19.8. The SMILES string of the molecule is C[C@]12C=CC(=O)C=C1CC[C@@H]1[C@@H]2CC[C@@]2(C)[C@H]1CC[C@]2(C)O[C@H]1O[C@@H](CO)[C@H](O)[C@@H](O)[C@@H]1O. The molecule has 3 saturated carbocycles. The van der Waals surface area contributed by atoms with Gasteiger partial charge < -0.3 is 29.9 Å². The number of allylic oxidation sites excluding steroid dienone is 4. The second kappa shape index (κ2) is 7.97. The van der Waals surface area contributed by atoms with Crippen LogP contribution < -0.4 is 0 Å². The summed E-state index contributed by atoms with van der Waals surface area (Å²) in [6.07, 6.45) is 5.31. The summed E-state index contributed by atoms with van der Waals surface area (Å²) >= 11 is 0. The van der Waals surface area contributed by atoms with E-state index in [2.05, 4.69) is 26.8 Å². The third kappa shape index (κ3) is 3.34. The fourth-order valence-electron chi connectivity index (χ4n) is 8.04. The summed E-state index contributed by atoms with van der Waals surface area (Å²) in [6, 6.07) is 0. The first-order valence-electron chi connectivity index (χ1n) is 12.5. The number of aliphatic hydroxyl groups excluding tert-OH is 4. The van der Waals surface area contributed by atoms with Gasteiger partial charge in [0.15, 0.2) is 12.1 Å². The van der Waals surface area contributed by atoms with Crippen molar-refractivity contribution in [2.24, 2.45) is 28.6 Å². The number of fused-ring (bicyclic) bond motifs is 5. The van der Waals surface area contributed by atoms with E-state index >= 15 is 0 Å². The van der Waals surface area contributed by atoms with Gasteiger partial charge in [-0.1, -0.05) is 25.5 Å². The molecule has 1 saturated heterocycles. The minimum absolute atomic E-state index is 0.0602. The first-order valence-corrected chi connectivity index (χ1v) is 12.5. The summed E-state index contributed by atoms with van der Waals surface area (Å²) in [4.78, 5) is 12.0. The molecular weight excluding hydrogens is 424 g/mol. The number of aliphatic hydroxyl groups is 4. The maximum absolute atomic E-state index is 12.0. The normalized spacial score (nSPS) is 53.8. The number of carbonyl (C=O) groups is 1. The molecule has 0 aromatic carbocycles. The number of hydrogen-bond acceptors (Lipinski definition) is 7. The highest BCUT2D eigenvalue weighted by Gasteiger charge is 2.64. The lowest BCUT2D eigenvalue weighted by Gasteiger charge is -2.59. The molecule has 5 aliphatic rings. The molecule has 7 heteroatoms. The third-order valence-electron chi connectivity index (χ3n) is 10.3. The molecule has 0 aromatic heterocycles. The minimum atomic E-state index is -1.44. The quantitative estimate of drug-likeness (QED) is 0.506. The first-order chi connectivity index (χ1) is 15.5. The van der Waals surface area contributed by atoms with E-state index in [1.165, 1.54) is 5.57 Å². The number of hydrogen-bond donors (Lipinski definition) is 4. The van der Waals surface area contributed by atoms with E-state index in [-0.39, 0.29) is 16.6 Å². The Bertz CT molecular complexity index is 867. The van der Waals surface area contributed by atoms with Gasteiger partial charge in [-0.15, -0.1) is 0 Å². The molecular formula is C26H38O7. The Morgan fingerprint density at radius 3 is 2.48 bits per heavy atom. The highest BCUT2D eigenvalue weighted by molar-refractivity contribution is 6.01. The lowest BCUT2D eigenvalue weighted by molar-refractivity contribution is -0.338. The molecule has 4 N–H and O–H groups in total. The minimum Gasteiger partial charge on any atom is -0.394 e. The molecule has 11 atom stereocenters. The van der Waals surface area contributed by atoms with Crippen molar-refractivity contribution >= 4 is 5.78 Å². The highest BCUT2D eigenvalue weighted by Crippen LogP contribution is 2.67. The number of carbonyl (C=O) groups excluding carboxylic acids is 1. The predicted octanol–water partition coefficient (Wildman–Crippen LogP) is 1.87. The van der Waals surface area contributed by atoms with Gasteiger partial charge in [-0.3, -0.25) is 4.79 Å². The Labute approximate surface area is 195 Å². The molecule has 0 unspecified atom stereocenters. The summed E-state index contributed by atoms with van der Waals surface area (Å²) in [5, 5.41) is 40.5. The molecule has 4 aliphatic carbocycles. The van der Waals surface area contributed by atoms with E-state index in [1.54, 1.807) is 6.08 Å². The van der Waals surface area contributed by atoms with Crippen LogP contribution in [0.15, 0.2) is 23.8 Å². The summed E-state index contributed by atoms with van der Waals surface area (Å²) < 4.78 is 12.2. The maximum Gasteiger partial charge on any atom is 0.187 e. The summed E-state index contributed by atoms with van der Waals surface area (Å²) in [7, 11) is 0. The third-order valence-corrected chi connectivity index (χ3v) is 10.3. The molecule has 0 bridgehead atoms. The van der Waals surface area contributed by atoms with Crippen LogP contribution in [0.1, 0.15) is 59.3 Å². The zero-order valence-corrected chi connectivity index (χ0v) is 19.8. The Kier molecular flexibility index (Phi) is 5.71. The number of ketones is 1. The van der Waals surface area contributed by atoms with Gasteiger partial charge in [-0.25, -0.2) is 0 Å². The van der Waals surface area contributed by atoms with Crippen molar-refractivity contribution in [1.29, 1.82) is 0 Å². The summed E-state index contributed by atoms with van der Waals surface area (Å²) in [5.74, 6) is 1.58. The van der Waals surface area contributed by atoms with Crippen molar-refractivity contribution in [3.63, 3.8) is 0 Å². The Hall–Kier alpha value is -1.09. The summed E-state index contributed by atoms with van der Waals surface area (Å²) in [6.45, 7) is 6.21. The van der Waals surface area contributed by atoms with Crippen LogP contribution in [0.5, 0.6) is 0 Å². The standard InChI is InChI=1S/C26H38O7/c1-24-9-6-15(28)12-14(24)4-5-16-17(24)7-10-25(2)18(16)8-11-26(25,3)33-23-22(31)21(30)20(29)19(13-27)32-23/h6,9,12,16-23,27,29-31H,4-5,7-8,10-11,13H2,1-3H3/t16-,17+,18+,19+,20+,21-,22+,23-,24+,25+,26+/m1/s1. The van der Waals surface area contributed by atoms with Gasteiger partial charge in [0.05, 0.1) is 12.2 Å². The van der Waals surface area contributed by atoms with Gasteiger partial charge in [0, 0.05) is 5.41 Å². The fourth-order valence-corrected chi connectivity index (χ4v) is 8.04. The molecule has 0 aromatic rings. The molecule has 4 fully saturated rings. The lowest BCUT2D eigenvalue weighted by Crippen LogP contribution is -2.62. The van der Waals surface area contributed by atoms with Crippen molar-refractivity contribution in [3.8, 4) is 0 Å². The number of ether oxygens (including phenoxy) is 2. The van der Waals surface area contributed by atoms with E-state index in [9.17, 15) is 25.2 Å². The van der Waals surface area contributed by atoms with Gasteiger partial charge in [0.25, 0.3) is 0 Å². The average molecular weight is 463 g/mol. The largest absolute Gasteiger partial charge is 0.394 e. The van der Waals surface area contributed by atoms with Gasteiger partial charge in [-0.05, 0) is 80.8 Å². The molecule has 184 valence electrons. The van der Waals surface area contributed by atoms with Crippen LogP contribution in [0.2, 0.25) is 0 Å². The molecule has 33 heavy (non-hydrogen) atoms. The van der Waals surface area contributed by atoms with Crippen molar-refractivity contribution in [3.05, 3.63) is 23.8 Å². The van der Waals surface area contributed by atoms with E-state index in [1.807, 2.05) is 6.08 Å². The molecule has 0 radical (unpaired) electrons. The Morgan fingerprint density at radius 2 is 1.76 bits per heavy atom. The van der Waals surface area contributed by atoms with Crippen LogP contribution in [-0.4, -0.2) is 69.1 Å². The van der Waals surface area contributed by atoms with Crippen molar-refractivity contribution in [2.45, 2.75) is 95.6 Å². The van der Waals surface area contributed by atoms with Crippen LogP contribution in [0.4, 0.5) is 0 Å². The highest BCUT2D eigenvalue weighted by atomic mass is 16.7. The van der Waals surface area contributed by atoms with Crippen molar-refractivity contribution in [1.82, 2.24) is 0 Å². The van der Waals surface area contributed by atoms with E-state index in [0.717, 1.165) is 38.5 Å². The van der Waals surface area contributed by atoms with Crippen molar-refractivity contribution < 1.29 is 34.7 Å². The Morgan fingerprint density at radius 1 is 1.03 bits per heavy atom. The second-order valence-electron chi connectivity index (χ2n) is 11.6. The zero-order chi connectivity index (χ0) is 23.8.